The topological polar surface area (TPSA) is 76.7 Å². The lowest BCUT2D eigenvalue weighted by molar-refractivity contribution is -0.134. The Labute approximate surface area is 161 Å². The fourth-order valence-electron chi connectivity index (χ4n) is 2.61. The molecule has 150 valence electrons. The molecule has 2 aromatic heterocycles. The van der Waals surface area contributed by atoms with Gasteiger partial charge in [0.25, 0.3) is 0 Å². The second-order valence-electron chi connectivity index (χ2n) is 6.42. The molecule has 1 aliphatic rings. The molecule has 2 heterocycles. The van der Waals surface area contributed by atoms with Crippen molar-refractivity contribution < 1.29 is 13.2 Å². The van der Waals surface area contributed by atoms with E-state index in [-0.39, 0.29) is 10.8 Å². The molecule has 3 N–H and O–H groups in total. The lowest BCUT2D eigenvalue weighted by atomic mass is 10.0. The van der Waals surface area contributed by atoms with Gasteiger partial charge in [0.1, 0.15) is 15.7 Å². The lowest BCUT2D eigenvalue weighted by Crippen LogP contribution is -2.07. The van der Waals surface area contributed by atoms with Gasteiger partial charge in [0.05, 0.1) is 11.8 Å². The summed E-state index contributed by atoms with van der Waals surface area (Å²) in [6.07, 6.45) is 8.75. The van der Waals surface area contributed by atoms with E-state index in [0.29, 0.717) is 29.4 Å². The number of nitrogens with zero attached hydrogens (tertiary/aromatic N) is 3. The molecule has 3 rings (SSSR count). The van der Waals surface area contributed by atoms with Crippen molar-refractivity contribution in [3.8, 4) is 10.6 Å². The third kappa shape index (κ3) is 6.97. The highest BCUT2D eigenvalue weighted by molar-refractivity contribution is 7.15. The average molecular weight is 402 g/mol. The number of nitrogens with one attached hydrogen (secondary N) is 1. The summed E-state index contributed by atoms with van der Waals surface area (Å²) in [6, 6.07) is 0. The highest BCUT2D eigenvalue weighted by atomic mass is 32.1. The molecule has 0 aromatic carbocycles. The van der Waals surface area contributed by atoms with Crippen LogP contribution in [-0.4, -0.2) is 21.5 Å². The zero-order valence-electron chi connectivity index (χ0n) is 15.5. The van der Waals surface area contributed by atoms with Crippen LogP contribution in [0.25, 0.3) is 10.6 Å². The van der Waals surface area contributed by atoms with E-state index < -0.39 is 11.1 Å². The van der Waals surface area contributed by atoms with Gasteiger partial charge in [-0.1, -0.05) is 51.9 Å². The van der Waals surface area contributed by atoms with E-state index in [1.807, 2.05) is 0 Å². The maximum Gasteiger partial charge on any atom is 0.427 e. The number of thiazole rings is 1. The number of nitrogens with two attached hydrogens (primary N) is 1. The van der Waals surface area contributed by atoms with Crippen molar-refractivity contribution in [2.75, 3.05) is 17.6 Å². The highest BCUT2D eigenvalue weighted by Gasteiger charge is 2.33. The Morgan fingerprint density at radius 1 is 1.07 bits per heavy atom. The fourth-order valence-corrected chi connectivity index (χ4v) is 3.41. The van der Waals surface area contributed by atoms with Crippen molar-refractivity contribution >= 4 is 23.1 Å². The molecule has 27 heavy (non-hydrogen) atoms. The highest BCUT2D eigenvalue weighted by Crippen LogP contribution is 2.37. The van der Waals surface area contributed by atoms with E-state index in [9.17, 15) is 13.2 Å². The van der Waals surface area contributed by atoms with Crippen LogP contribution in [0.3, 0.4) is 0 Å². The van der Waals surface area contributed by atoms with Gasteiger partial charge in [-0.3, -0.25) is 0 Å². The van der Waals surface area contributed by atoms with Gasteiger partial charge in [-0.25, -0.2) is 9.97 Å². The fraction of sp³-hybridized carbons (Fsp3) is 0.611. The smallest absolute Gasteiger partial charge is 0.383 e. The van der Waals surface area contributed by atoms with Crippen LogP contribution in [0.2, 0.25) is 0 Å². The average Bonchev–Trinajstić information content (AvgIpc) is 3.14. The number of halogens is 3. The monoisotopic (exact) mass is 401 g/mol. The molecular formula is C18H26F3N5S. The van der Waals surface area contributed by atoms with Gasteiger partial charge >= 0.3 is 6.18 Å². The summed E-state index contributed by atoms with van der Waals surface area (Å²) in [4.78, 5) is 11.0. The maximum atomic E-state index is 12.6. The van der Waals surface area contributed by atoms with Crippen LogP contribution >= 0.6 is 11.3 Å². The van der Waals surface area contributed by atoms with Crippen molar-refractivity contribution in [1.29, 1.82) is 0 Å². The second kappa shape index (κ2) is 10.4. The third-order valence-electron chi connectivity index (χ3n) is 4.15. The zero-order valence-corrected chi connectivity index (χ0v) is 16.3. The van der Waals surface area contributed by atoms with Crippen LogP contribution in [0.5, 0.6) is 0 Å². The van der Waals surface area contributed by atoms with Gasteiger partial charge < -0.3 is 11.1 Å². The van der Waals surface area contributed by atoms with Gasteiger partial charge in [0.15, 0.2) is 0 Å². The predicted molar refractivity (Wildman–Crippen MR) is 104 cm³/mol. The van der Waals surface area contributed by atoms with E-state index in [0.717, 1.165) is 19.0 Å². The number of unbranched alkanes of at least 4 members (excludes halogenated alkanes) is 1. The molecule has 0 atom stereocenters. The minimum absolute atomic E-state index is 0.104. The number of nitrogen functional groups attached to an aromatic ring is 1. The first kappa shape index (κ1) is 21.4. The Hall–Kier alpha value is -1.90. The molecule has 0 radical (unpaired) electrons. The molecule has 1 aliphatic carbocycles. The van der Waals surface area contributed by atoms with E-state index in [1.54, 1.807) is 0 Å². The molecule has 1 saturated carbocycles. The maximum absolute atomic E-state index is 12.6. The molecule has 0 bridgehead atoms. The first-order chi connectivity index (χ1) is 12.9. The van der Waals surface area contributed by atoms with E-state index in [4.69, 9.17) is 5.73 Å². The van der Waals surface area contributed by atoms with Crippen molar-refractivity contribution in [3.05, 3.63) is 17.3 Å². The van der Waals surface area contributed by atoms with Gasteiger partial charge in [0, 0.05) is 12.7 Å². The second-order valence-corrected chi connectivity index (χ2v) is 7.45. The van der Waals surface area contributed by atoms with Gasteiger partial charge in [-0.2, -0.15) is 18.2 Å². The Morgan fingerprint density at radius 2 is 1.70 bits per heavy atom. The Morgan fingerprint density at radius 3 is 2.19 bits per heavy atom. The molecule has 0 aliphatic heterocycles. The summed E-state index contributed by atoms with van der Waals surface area (Å²) >= 11 is 0.518. The van der Waals surface area contributed by atoms with Crippen LogP contribution in [0.15, 0.2) is 12.4 Å². The van der Waals surface area contributed by atoms with Crippen LogP contribution in [0, 0.1) is 0 Å². The first-order valence-electron chi connectivity index (χ1n) is 9.31. The van der Waals surface area contributed by atoms with Gasteiger partial charge in [-0.15, -0.1) is 11.3 Å². The summed E-state index contributed by atoms with van der Waals surface area (Å²) in [6.45, 7) is 2.77. The minimum Gasteiger partial charge on any atom is -0.383 e. The van der Waals surface area contributed by atoms with E-state index >= 15 is 0 Å². The SMILES string of the molecule is C1CCCCC1.CCCCNc1ncc(-c2ncc(C(F)(F)F)s2)c(N)n1. The summed E-state index contributed by atoms with van der Waals surface area (Å²) < 4.78 is 37.7. The molecule has 9 heteroatoms. The van der Waals surface area contributed by atoms with Crippen molar-refractivity contribution in [3.63, 3.8) is 0 Å². The number of rotatable bonds is 5. The van der Waals surface area contributed by atoms with Crippen LogP contribution in [0.1, 0.15) is 63.2 Å². The Kier molecular flexibility index (Phi) is 8.27. The van der Waals surface area contributed by atoms with E-state index in [2.05, 4.69) is 27.2 Å². The largest absolute Gasteiger partial charge is 0.427 e. The van der Waals surface area contributed by atoms with Gasteiger partial charge in [-0.05, 0) is 6.42 Å². The van der Waals surface area contributed by atoms with Crippen molar-refractivity contribution in [2.45, 2.75) is 64.5 Å². The Bertz CT molecular complexity index is 687. The quantitative estimate of drug-likeness (QED) is 0.624. The molecule has 2 aromatic rings. The Balaban J connectivity index is 0.000000369. The van der Waals surface area contributed by atoms with Crippen LogP contribution in [0.4, 0.5) is 24.9 Å². The normalized spacial score (nSPS) is 14.4. The van der Waals surface area contributed by atoms with Crippen molar-refractivity contribution in [1.82, 2.24) is 15.0 Å². The molecule has 5 nitrogen and oxygen atoms in total. The number of alkyl halides is 3. The molecule has 0 spiro atoms. The molecule has 0 saturated heterocycles. The molecule has 1 fully saturated rings. The zero-order chi connectivity index (χ0) is 19.7. The first-order valence-corrected chi connectivity index (χ1v) is 10.1. The van der Waals surface area contributed by atoms with Crippen LogP contribution in [-0.2, 0) is 6.18 Å². The third-order valence-corrected chi connectivity index (χ3v) is 5.22. The number of hydrogen-bond acceptors (Lipinski definition) is 6. The van der Waals surface area contributed by atoms with Crippen LogP contribution < -0.4 is 11.1 Å². The molecule has 0 unspecified atom stereocenters. The lowest BCUT2D eigenvalue weighted by Gasteiger charge is -2.06. The van der Waals surface area contributed by atoms with Crippen molar-refractivity contribution in [2.24, 2.45) is 0 Å². The molecular weight excluding hydrogens is 375 g/mol. The number of aromatic nitrogens is 3. The summed E-state index contributed by atoms with van der Waals surface area (Å²) in [5.74, 6) is 0.462. The number of hydrogen-bond donors (Lipinski definition) is 2. The summed E-state index contributed by atoms with van der Waals surface area (Å²) in [5.41, 5.74) is 6.07. The predicted octanol–water partition coefficient (Wildman–Crippen LogP) is 5.75. The summed E-state index contributed by atoms with van der Waals surface area (Å²) in [7, 11) is 0. The standard InChI is InChI=1S/C12H14F3N5S.C6H12/c1-2-3-4-17-11-19-5-7(9(16)20-11)10-18-6-8(21-10)12(13,14)15;1-2-4-6-5-3-1/h5-6H,2-4H2,1H3,(H3,16,17,19,20);1-6H2. The van der Waals surface area contributed by atoms with E-state index in [1.165, 1.54) is 44.7 Å². The minimum atomic E-state index is -4.41. The molecule has 0 amide bonds. The number of anilines is 2. The summed E-state index contributed by atoms with van der Waals surface area (Å²) in [5, 5.41) is 3.15. The van der Waals surface area contributed by atoms with Gasteiger partial charge in [0.2, 0.25) is 5.95 Å².